The zero-order valence-corrected chi connectivity index (χ0v) is 24.6. The third-order valence-corrected chi connectivity index (χ3v) is 10.2. The number of amides is 1. The molecule has 5 rings (SSSR count). The lowest BCUT2D eigenvalue weighted by molar-refractivity contribution is -0.133. The van der Waals surface area contributed by atoms with Crippen LogP contribution < -0.4 is 0 Å². The van der Waals surface area contributed by atoms with Gasteiger partial charge in [-0.1, -0.05) is 55.1 Å². The van der Waals surface area contributed by atoms with Gasteiger partial charge in [0.2, 0.25) is 5.91 Å². The van der Waals surface area contributed by atoms with Crippen LogP contribution >= 0.6 is 11.6 Å². The highest BCUT2D eigenvalue weighted by atomic mass is 35.5. The van der Waals surface area contributed by atoms with E-state index < -0.39 is 5.82 Å². The van der Waals surface area contributed by atoms with Crippen LogP contribution in [0.3, 0.4) is 0 Å². The summed E-state index contributed by atoms with van der Waals surface area (Å²) in [6.07, 6.45) is 10.0. The van der Waals surface area contributed by atoms with Crippen LogP contribution in [0.15, 0.2) is 36.4 Å². The molecule has 0 bridgehead atoms. The molecule has 2 heterocycles. The molecule has 1 atom stereocenters. The summed E-state index contributed by atoms with van der Waals surface area (Å²) < 4.78 is 14.5. The Labute approximate surface area is 239 Å². The van der Waals surface area contributed by atoms with Gasteiger partial charge in [-0.25, -0.2) is 4.39 Å². The maximum absolute atomic E-state index is 14.5. The summed E-state index contributed by atoms with van der Waals surface area (Å²) >= 11 is 6.27. The summed E-state index contributed by atoms with van der Waals surface area (Å²) in [6.45, 7) is 11.4. The fourth-order valence-electron chi connectivity index (χ4n) is 7.13. The first kappa shape index (κ1) is 28.6. The van der Waals surface area contributed by atoms with E-state index in [-0.39, 0.29) is 17.7 Å². The van der Waals surface area contributed by atoms with E-state index in [0.717, 1.165) is 51.5 Å². The summed E-state index contributed by atoms with van der Waals surface area (Å²) in [5.74, 6) is -0.434. The molecule has 2 aromatic rings. The first-order valence-corrected chi connectivity index (χ1v) is 15.5. The Morgan fingerprint density at radius 3 is 2.46 bits per heavy atom. The number of rotatable bonds is 7. The van der Waals surface area contributed by atoms with Crippen molar-refractivity contribution >= 4 is 17.5 Å². The van der Waals surface area contributed by atoms with Crippen LogP contribution in [-0.2, 0) is 16.6 Å². The van der Waals surface area contributed by atoms with Gasteiger partial charge < -0.3 is 9.80 Å². The predicted molar refractivity (Wildman–Crippen MR) is 158 cm³/mol. The number of piperidine rings is 1. The molecule has 1 amide bonds. The van der Waals surface area contributed by atoms with Crippen LogP contribution in [0.4, 0.5) is 4.39 Å². The Bertz CT molecular complexity index is 1120. The van der Waals surface area contributed by atoms with Crippen molar-refractivity contribution in [3.05, 3.63) is 69.5 Å². The number of likely N-dealkylation sites (tertiary alicyclic amines) is 1. The molecule has 3 aliphatic rings. The number of piperazine rings is 1. The number of carbonyl (C=O) groups is 1. The van der Waals surface area contributed by atoms with Gasteiger partial charge in [0.05, 0.1) is 6.42 Å². The maximum Gasteiger partial charge on any atom is 0.227 e. The van der Waals surface area contributed by atoms with Crippen molar-refractivity contribution in [2.24, 2.45) is 0 Å². The van der Waals surface area contributed by atoms with Crippen LogP contribution in [-0.4, -0.2) is 72.5 Å². The highest BCUT2D eigenvalue weighted by molar-refractivity contribution is 6.31. The van der Waals surface area contributed by atoms with Gasteiger partial charge in [0.15, 0.2) is 0 Å². The van der Waals surface area contributed by atoms with E-state index in [1.165, 1.54) is 68.0 Å². The topological polar surface area (TPSA) is 26.8 Å². The van der Waals surface area contributed by atoms with E-state index in [9.17, 15) is 9.18 Å². The summed E-state index contributed by atoms with van der Waals surface area (Å²) in [6, 6.07) is 12.3. The molecule has 0 radical (unpaired) electrons. The molecule has 2 aliphatic heterocycles. The number of carbonyl (C=O) groups excluding carboxylic acids is 1. The number of halogens is 2. The average molecular weight is 554 g/mol. The fourth-order valence-corrected chi connectivity index (χ4v) is 7.36. The fraction of sp³-hybridized carbons (Fsp3) is 0.606. The Hall–Kier alpha value is -1.95. The molecule has 0 spiro atoms. The van der Waals surface area contributed by atoms with E-state index in [2.05, 4.69) is 41.8 Å². The lowest BCUT2D eigenvalue weighted by atomic mass is 9.71. The van der Waals surface area contributed by atoms with Crippen molar-refractivity contribution in [2.75, 3.05) is 45.8 Å². The molecule has 212 valence electrons. The van der Waals surface area contributed by atoms with Gasteiger partial charge in [-0.15, -0.1) is 0 Å². The van der Waals surface area contributed by atoms with Crippen LogP contribution in [0, 0.1) is 19.7 Å². The lowest BCUT2D eigenvalue weighted by Crippen LogP contribution is -2.53. The molecule has 0 aromatic heterocycles. The summed E-state index contributed by atoms with van der Waals surface area (Å²) in [5, 5.41) is 0.327. The zero-order chi connectivity index (χ0) is 27.4. The second-order valence-corrected chi connectivity index (χ2v) is 12.7. The Balaban J connectivity index is 1.29. The minimum absolute atomic E-state index is 0.0115. The number of benzene rings is 2. The van der Waals surface area contributed by atoms with Gasteiger partial charge in [0.25, 0.3) is 0 Å². The van der Waals surface area contributed by atoms with Crippen LogP contribution in [0.1, 0.15) is 73.6 Å². The largest absolute Gasteiger partial charge is 0.342 e. The Morgan fingerprint density at radius 1 is 0.974 bits per heavy atom. The Kier molecular flexibility index (Phi) is 9.31. The van der Waals surface area contributed by atoms with Gasteiger partial charge in [0, 0.05) is 61.3 Å². The summed E-state index contributed by atoms with van der Waals surface area (Å²) in [5.41, 5.74) is 4.15. The first-order chi connectivity index (χ1) is 18.8. The molecule has 39 heavy (non-hydrogen) atoms. The molecule has 1 saturated carbocycles. The van der Waals surface area contributed by atoms with Gasteiger partial charge >= 0.3 is 0 Å². The molecule has 2 saturated heterocycles. The number of aryl methyl sites for hydroxylation is 2. The van der Waals surface area contributed by atoms with Crippen molar-refractivity contribution in [1.29, 1.82) is 0 Å². The zero-order valence-electron chi connectivity index (χ0n) is 23.9. The molecule has 4 nitrogen and oxygen atoms in total. The highest BCUT2D eigenvalue weighted by Gasteiger charge is 2.39. The third-order valence-electron chi connectivity index (χ3n) is 9.84. The van der Waals surface area contributed by atoms with E-state index in [4.69, 9.17) is 11.6 Å². The predicted octanol–water partition coefficient (Wildman–Crippen LogP) is 6.54. The Morgan fingerprint density at radius 2 is 1.74 bits per heavy atom. The number of nitrogens with zero attached hydrogens (tertiary/aromatic N) is 3. The SMILES string of the molecule is Cc1ccc(C2(CCN3CCN(C4CCCCC4)CC3)CCCN(C(=O)Cc3c(F)cccc3Cl)C2)cc1C. The van der Waals surface area contributed by atoms with Crippen molar-refractivity contribution in [1.82, 2.24) is 14.7 Å². The van der Waals surface area contributed by atoms with Crippen molar-refractivity contribution in [3.8, 4) is 0 Å². The minimum atomic E-state index is -0.402. The molecule has 2 aromatic carbocycles. The van der Waals surface area contributed by atoms with Gasteiger partial charge in [-0.3, -0.25) is 9.69 Å². The molecule has 6 heteroatoms. The average Bonchev–Trinajstić information content (AvgIpc) is 2.96. The van der Waals surface area contributed by atoms with Gasteiger partial charge in [-0.05, 0) is 81.3 Å². The summed E-state index contributed by atoms with van der Waals surface area (Å²) in [7, 11) is 0. The van der Waals surface area contributed by atoms with E-state index >= 15 is 0 Å². The van der Waals surface area contributed by atoms with Crippen LogP contribution in [0.2, 0.25) is 5.02 Å². The van der Waals surface area contributed by atoms with E-state index in [1.54, 1.807) is 12.1 Å². The van der Waals surface area contributed by atoms with Crippen LogP contribution in [0.5, 0.6) is 0 Å². The summed E-state index contributed by atoms with van der Waals surface area (Å²) in [4.78, 5) is 20.8. The molecule has 1 aliphatic carbocycles. The normalized spacial score (nSPS) is 23.7. The van der Waals surface area contributed by atoms with Crippen molar-refractivity contribution < 1.29 is 9.18 Å². The highest BCUT2D eigenvalue weighted by Crippen LogP contribution is 2.39. The molecule has 1 unspecified atom stereocenters. The van der Waals surface area contributed by atoms with Gasteiger partial charge in [0.1, 0.15) is 5.82 Å². The maximum atomic E-state index is 14.5. The molecular formula is C33H45ClFN3O. The minimum Gasteiger partial charge on any atom is -0.342 e. The number of hydrogen-bond acceptors (Lipinski definition) is 3. The second kappa shape index (κ2) is 12.7. The quantitative estimate of drug-likeness (QED) is 0.389. The second-order valence-electron chi connectivity index (χ2n) is 12.3. The monoisotopic (exact) mass is 553 g/mol. The van der Waals surface area contributed by atoms with Crippen molar-refractivity contribution in [2.45, 2.75) is 83.1 Å². The number of hydrogen-bond donors (Lipinski definition) is 0. The molecule has 0 N–H and O–H groups in total. The smallest absolute Gasteiger partial charge is 0.227 e. The standard InChI is InChI=1S/C33H45ClFN3O/c1-25-12-13-27(22-26(25)2)33(15-17-36-18-20-37(21-19-36)28-8-4-3-5-9-28)14-7-16-38(24-33)32(39)23-29-30(34)10-6-11-31(29)35/h6,10-13,22,28H,3-5,7-9,14-21,23-24H2,1-2H3. The molecular weight excluding hydrogens is 509 g/mol. The first-order valence-electron chi connectivity index (χ1n) is 15.1. The van der Waals surface area contributed by atoms with Crippen molar-refractivity contribution in [3.63, 3.8) is 0 Å². The van der Waals surface area contributed by atoms with E-state index in [0.29, 0.717) is 17.1 Å². The lowest BCUT2D eigenvalue weighted by Gasteiger charge is -2.46. The third kappa shape index (κ3) is 6.69. The van der Waals surface area contributed by atoms with Gasteiger partial charge in [-0.2, -0.15) is 0 Å². The van der Waals surface area contributed by atoms with Crippen LogP contribution in [0.25, 0.3) is 0 Å². The van der Waals surface area contributed by atoms with E-state index in [1.807, 2.05) is 4.90 Å². The molecule has 3 fully saturated rings.